The molecule has 4 bridgehead atoms. The lowest BCUT2D eigenvalue weighted by Gasteiger charge is -2.57. The average Bonchev–Trinajstić information content (AvgIpc) is 3.53. The van der Waals surface area contributed by atoms with Gasteiger partial charge in [0, 0.05) is 5.54 Å². The Hall–Kier alpha value is -2.87. The third-order valence-corrected chi connectivity index (χ3v) is 9.28. The fourth-order valence-electron chi connectivity index (χ4n) is 8.50. The summed E-state index contributed by atoms with van der Waals surface area (Å²) in [7, 11) is 0. The molecule has 0 N–H and O–H groups in total. The van der Waals surface area contributed by atoms with Crippen LogP contribution in [0.1, 0.15) is 55.2 Å². The van der Waals surface area contributed by atoms with Gasteiger partial charge in [-0.15, -0.1) is 0 Å². The van der Waals surface area contributed by atoms with Crippen LogP contribution in [-0.2, 0) is 10.2 Å². The second-order valence-corrected chi connectivity index (χ2v) is 11.2. The number of hydrogen-bond donors (Lipinski definition) is 0. The Balaban J connectivity index is 1.43. The van der Waals surface area contributed by atoms with Crippen LogP contribution in [0.5, 0.6) is 0 Å². The van der Waals surface area contributed by atoms with Gasteiger partial charge < -0.3 is 4.90 Å². The molecule has 8 rings (SSSR count). The molecule has 166 valence electrons. The van der Waals surface area contributed by atoms with Crippen molar-refractivity contribution in [2.75, 3.05) is 0 Å². The molecule has 5 aliphatic rings. The molecule has 2 heteroatoms. The van der Waals surface area contributed by atoms with Crippen LogP contribution in [0.4, 0.5) is 0 Å². The van der Waals surface area contributed by atoms with Crippen molar-refractivity contribution in [1.29, 1.82) is 0 Å². The maximum Gasteiger partial charge on any atom is 0.248 e. The zero-order valence-electron chi connectivity index (χ0n) is 19.1. The predicted molar refractivity (Wildman–Crippen MR) is 131 cm³/mol. The molecule has 1 saturated heterocycles. The average molecular weight is 434 g/mol. The quantitative estimate of drug-likeness (QED) is 0.346. The molecule has 1 heterocycles. The highest BCUT2D eigenvalue weighted by Gasteiger charge is 2.69. The van der Waals surface area contributed by atoms with E-state index in [0.29, 0.717) is 5.91 Å². The fourth-order valence-corrected chi connectivity index (χ4v) is 8.50. The number of carbonyl (C=O) groups is 1. The monoisotopic (exact) mass is 433 g/mol. The second kappa shape index (κ2) is 7.06. The summed E-state index contributed by atoms with van der Waals surface area (Å²) < 4.78 is 0. The van der Waals surface area contributed by atoms with Gasteiger partial charge in [-0.2, -0.15) is 0 Å². The number of benzene rings is 3. The topological polar surface area (TPSA) is 20.1 Å². The maximum absolute atomic E-state index is 14.0. The molecule has 0 spiro atoms. The predicted octanol–water partition coefficient (Wildman–Crippen LogP) is 6.20. The van der Waals surface area contributed by atoms with Gasteiger partial charge in [0.25, 0.3) is 0 Å². The van der Waals surface area contributed by atoms with E-state index in [1.807, 2.05) is 0 Å². The van der Waals surface area contributed by atoms with E-state index >= 15 is 0 Å². The van der Waals surface area contributed by atoms with Crippen LogP contribution < -0.4 is 0 Å². The SMILES string of the molecule is O=C1C(C(c2ccccc2)(c2ccccc2)c2ccccc2)N1C12CC3CC(CC(C3)C1)C2. The van der Waals surface area contributed by atoms with E-state index in [-0.39, 0.29) is 11.6 Å². The number of carbonyl (C=O) groups excluding carboxylic acids is 1. The first-order valence-electron chi connectivity index (χ1n) is 12.7. The van der Waals surface area contributed by atoms with Gasteiger partial charge in [0.2, 0.25) is 5.91 Å². The van der Waals surface area contributed by atoms with Gasteiger partial charge in [-0.1, -0.05) is 91.0 Å². The summed E-state index contributed by atoms with van der Waals surface area (Å²) >= 11 is 0. The highest BCUT2D eigenvalue weighted by atomic mass is 16.2. The Kier molecular flexibility index (Phi) is 4.19. The molecule has 2 nitrogen and oxygen atoms in total. The van der Waals surface area contributed by atoms with Gasteiger partial charge in [0.05, 0.1) is 5.41 Å². The van der Waals surface area contributed by atoms with E-state index in [1.165, 1.54) is 55.2 Å². The largest absolute Gasteiger partial charge is 0.321 e. The summed E-state index contributed by atoms with van der Waals surface area (Å²) in [6, 6.07) is 32.2. The highest BCUT2D eigenvalue weighted by Crippen LogP contribution is 2.63. The van der Waals surface area contributed by atoms with E-state index < -0.39 is 5.41 Å². The number of rotatable bonds is 5. The second-order valence-electron chi connectivity index (χ2n) is 11.2. The van der Waals surface area contributed by atoms with E-state index in [4.69, 9.17) is 0 Å². The normalized spacial score (nSPS) is 32.2. The molecule has 4 aliphatic carbocycles. The molecule has 3 aromatic carbocycles. The first-order chi connectivity index (χ1) is 16.2. The summed E-state index contributed by atoms with van der Waals surface area (Å²) in [6.07, 6.45) is 7.84. The van der Waals surface area contributed by atoms with Crippen molar-refractivity contribution in [1.82, 2.24) is 4.90 Å². The van der Waals surface area contributed by atoms with Gasteiger partial charge in [0.1, 0.15) is 6.04 Å². The first-order valence-corrected chi connectivity index (χ1v) is 12.7. The Morgan fingerprint density at radius 1 is 0.606 bits per heavy atom. The Labute approximate surface area is 196 Å². The van der Waals surface area contributed by atoms with Crippen LogP contribution in [0.2, 0.25) is 0 Å². The molecule has 4 saturated carbocycles. The van der Waals surface area contributed by atoms with E-state index in [2.05, 4.69) is 95.9 Å². The smallest absolute Gasteiger partial charge is 0.248 e. The number of nitrogens with zero attached hydrogens (tertiary/aromatic N) is 1. The van der Waals surface area contributed by atoms with Gasteiger partial charge in [-0.3, -0.25) is 4.79 Å². The van der Waals surface area contributed by atoms with Gasteiger partial charge in [0.15, 0.2) is 0 Å². The number of hydrogen-bond acceptors (Lipinski definition) is 1. The third kappa shape index (κ3) is 2.76. The summed E-state index contributed by atoms with van der Waals surface area (Å²) in [5.41, 5.74) is 3.23. The van der Waals surface area contributed by atoms with Crippen molar-refractivity contribution in [3.63, 3.8) is 0 Å². The minimum Gasteiger partial charge on any atom is -0.321 e. The van der Waals surface area contributed by atoms with Gasteiger partial charge >= 0.3 is 0 Å². The summed E-state index contributed by atoms with van der Waals surface area (Å²) in [6.45, 7) is 0. The first kappa shape index (κ1) is 19.6. The molecule has 1 amide bonds. The zero-order chi connectivity index (χ0) is 22.0. The van der Waals surface area contributed by atoms with Crippen LogP contribution >= 0.6 is 0 Å². The molecular weight excluding hydrogens is 402 g/mol. The third-order valence-electron chi connectivity index (χ3n) is 9.28. The minimum atomic E-state index is -0.496. The molecular formula is C31H31NO. The molecule has 0 aromatic heterocycles. The summed E-state index contributed by atoms with van der Waals surface area (Å²) in [5.74, 6) is 2.83. The van der Waals surface area contributed by atoms with Crippen LogP contribution in [0, 0.1) is 17.8 Å². The Bertz CT molecular complexity index is 1040. The summed E-state index contributed by atoms with van der Waals surface area (Å²) in [4.78, 5) is 16.4. The van der Waals surface area contributed by atoms with Crippen molar-refractivity contribution >= 4 is 5.91 Å². The van der Waals surface area contributed by atoms with Crippen LogP contribution in [0.25, 0.3) is 0 Å². The minimum absolute atomic E-state index is 0.0834. The van der Waals surface area contributed by atoms with Crippen molar-refractivity contribution in [2.24, 2.45) is 17.8 Å². The highest BCUT2D eigenvalue weighted by molar-refractivity contribution is 6.01. The zero-order valence-corrected chi connectivity index (χ0v) is 19.1. The lowest BCUT2D eigenvalue weighted by atomic mass is 9.52. The molecule has 1 atom stereocenters. The van der Waals surface area contributed by atoms with Crippen molar-refractivity contribution in [3.05, 3.63) is 108 Å². The van der Waals surface area contributed by atoms with E-state index in [1.54, 1.807) is 0 Å². The molecule has 33 heavy (non-hydrogen) atoms. The molecule has 1 unspecified atom stereocenters. The standard InChI is InChI=1S/C31H31NO/c33-29-28(32(29)30-19-22-16-23(20-30)18-24(17-22)21-30)31(25-10-4-1-5-11-25,26-12-6-2-7-13-26)27-14-8-3-9-15-27/h1-15,22-24,28H,16-21H2. The number of amides is 1. The molecule has 1 aliphatic heterocycles. The fraction of sp³-hybridized carbons (Fsp3) is 0.387. The molecule has 3 aromatic rings. The lowest BCUT2D eigenvalue weighted by molar-refractivity contribution is -0.121. The van der Waals surface area contributed by atoms with Crippen LogP contribution in [0.3, 0.4) is 0 Å². The molecule has 5 fully saturated rings. The van der Waals surface area contributed by atoms with E-state index in [9.17, 15) is 4.79 Å². The van der Waals surface area contributed by atoms with Gasteiger partial charge in [-0.25, -0.2) is 0 Å². The van der Waals surface area contributed by atoms with Crippen molar-refractivity contribution in [3.8, 4) is 0 Å². The molecule has 0 radical (unpaired) electrons. The van der Waals surface area contributed by atoms with E-state index in [0.717, 1.165) is 17.8 Å². The van der Waals surface area contributed by atoms with Gasteiger partial charge in [-0.05, 0) is 73.0 Å². The maximum atomic E-state index is 14.0. The van der Waals surface area contributed by atoms with Crippen LogP contribution in [-0.4, -0.2) is 22.4 Å². The van der Waals surface area contributed by atoms with Crippen molar-refractivity contribution in [2.45, 2.75) is 55.5 Å². The lowest BCUT2D eigenvalue weighted by Crippen LogP contribution is -2.56. The van der Waals surface area contributed by atoms with Crippen molar-refractivity contribution < 1.29 is 4.79 Å². The van der Waals surface area contributed by atoms with Crippen LogP contribution in [0.15, 0.2) is 91.0 Å². The Morgan fingerprint density at radius 2 is 0.970 bits per heavy atom. The summed E-state index contributed by atoms with van der Waals surface area (Å²) in [5, 5.41) is 0. The Morgan fingerprint density at radius 3 is 1.33 bits per heavy atom.